The maximum atomic E-state index is 11.8. The number of aryl methyl sites for hydroxylation is 1. The average molecular weight is 229 g/mol. The van der Waals surface area contributed by atoms with Gasteiger partial charge in [-0.1, -0.05) is 12.1 Å². The van der Waals surface area contributed by atoms with Crippen molar-refractivity contribution < 1.29 is 13.9 Å². The fraction of sp³-hybridized carbons (Fsp3) is 0.154. The van der Waals surface area contributed by atoms with Crippen molar-refractivity contribution in [2.24, 2.45) is 0 Å². The van der Waals surface area contributed by atoms with Crippen LogP contribution < -0.4 is 10.1 Å². The molecule has 0 bridgehead atoms. The molecule has 1 aromatic carbocycles. The zero-order valence-electron chi connectivity index (χ0n) is 9.27. The summed E-state index contributed by atoms with van der Waals surface area (Å²) in [5.74, 6) is 1.82. The van der Waals surface area contributed by atoms with E-state index in [-0.39, 0.29) is 5.91 Å². The number of carbonyl (C=O) groups is 1. The van der Waals surface area contributed by atoms with Crippen molar-refractivity contribution >= 4 is 5.91 Å². The number of ether oxygens (including phenoxy) is 1. The predicted octanol–water partition coefficient (Wildman–Crippen LogP) is 2.41. The molecule has 17 heavy (non-hydrogen) atoms. The number of hydrogen-bond acceptors (Lipinski definition) is 3. The number of fused-ring (bicyclic) bond motifs is 1. The molecule has 2 aromatic rings. The Balaban J connectivity index is 1.96. The summed E-state index contributed by atoms with van der Waals surface area (Å²) in [6.45, 7) is 1.85. The lowest BCUT2D eigenvalue weighted by molar-refractivity contribution is 0.0705. The zero-order chi connectivity index (χ0) is 11.8. The minimum absolute atomic E-state index is 0.147. The minimum atomic E-state index is -0.550. The van der Waals surface area contributed by atoms with Crippen molar-refractivity contribution in [3.8, 4) is 5.75 Å². The molecular formula is C13H11NO3. The third-order valence-electron chi connectivity index (χ3n) is 2.66. The smallest absolute Gasteiger partial charge is 0.258 e. The fourth-order valence-electron chi connectivity index (χ4n) is 1.83. The number of carbonyl (C=O) groups excluding carboxylic acids is 1. The molecule has 0 radical (unpaired) electrons. The number of benzene rings is 1. The lowest BCUT2D eigenvalue weighted by atomic mass is 10.1. The Morgan fingerprint density at radius 3 is 2.76 bits per heavy atom. The van der Waals surface area contributed by atoms with Crippen LogP contribution in [0.15, 0.2) is 40.8 Å². The highest BCUT2D eigenvalue weighted by Gasteiger charge is 2.27. The third-order valence-corrected chi connectivity index (χ3v) is 2.66. The molecule has 1 aromatic heterocycles. The van der Waals surface area contributed by atoms with E-state index in [2.05, 4.69) is 5.32 Å². The normalized spacial score (nSPS) is 18.2. The Hall–Kier alpha value is -2.23. The molecule has 1 atom stereocenters. The van der Waals surface area contributed by atoms with Gasteiger partial charge in [0.2, 0.25) is 6.23 Å². The van der Waals surface area contributed by atoms with Crippen molar-refractivity contribution in [3.63, 3.8) is 0 Å². The van der Waals surface area contributed by atoms with E-state index >= 15 is 0 Å². The van der Waals surface area contributed by atoms with E-state index in [9.17, 15) is 4.79 Å². The van der Waals surface area contributed by atoms with Crippen LogP contribution in [0.5, 0.6) is 5.75 Å². The standard InChI is InChI=1S/C13H11NO3/c1-8-6-7-11(16-8)13-14-12(15)9-4-2-3-5-10(9)17-13/h2-7,13H,1H3,(H,14,15)/t13-/m0/s1. The van der Waals surface area contributed by atoms with Crippen LogP contribution in [0, 0.1) is 6.92 Å². The lowest BCUT2D eigenvalue weighted by Crippen LogP contribution is -2.36. The van der Waals surface area contributed by atoms with Gasteiger partial charge in [-0.3, -0.25) is 4.79 Å². The molecule has 0 saturated carbocycles. The number of amides is 1. The van der Waals surface area contributed by atoms with Gasteiger partial charge in [0.15, 0.2) is 5.76 Å². The summed E-state index contributed by atoms with van der Waals surface area (Å²) in [6.07, 6.45) is -0.550. The van der Waals surface area contributed by atoms with Gasteiger partial charge in [-0.15, -0.1) is 0 Å². The molecular weight excluding hydrogens is 218 g/mol. The number of rotatable bonds is 1. The van der Waals surface area contributed by atoms with Crippen LogP contribution in [0.2, 0.25) is 0 Å². The summed E-state index contributed by atoms with van der Waals surface area (Å²) >= 11 is 0. The number of nitrogens with one attached hydrogen (secondary N) is 1. The fourth-order valence-corrected chi connectivity index (χ4v) is 1.83. The van der Waals surface area contributed by atoms with Crippen LogP contribution in [0.1, 0.15) is 28.1 Å². The van der Waals surface area contributed by atoms with Crippen molar-refractivity contribution in [2.45, 2.75) is 13.2 Å². The first-order valence-corrected chi connectivity index (χ1v) is 5.37. The summed E-state index contributed by atoms with van der Waals surface area (Å²) in [7, 11) is 0. The average Bonchev–Trinajstić information content (AvgIpc) is 2.76. The van der Waals surface area contributed by atoms with Gasteiger partial charge in [0, 0.05) is 0 Å². The monoisotopic (exact) mass is 229 g/mol. The van der Waals surface area contributed by atoms with Gasteiger partial charge in [-0.25, -0.2) is 0 Å². The number of para-hydroxylation sites is 1. The van der Waals surface area contributed by atoms with Crippen LogP contribution in [0.4, 0.5) is 0 Å². The largest absolute Gasteiger partial charge is 0.462 e. The topological polar surface area (TPSA) is 51.5 Å². The predicted molar refractivity (Wildman–Crippen MR) is 60.7 cm³/mol. The van der Waals surface area contributed by atoms with Gasteiger partial charge < -0.3 is 14.5 Å². The van der Waals surface area contributed by atoms with Crippen LogP contribution >= 0.6 is 0 Å². The summed E-state index contributed by atoms with van der Waals surface area (Å²) in [6, 6.07) is 10.8. The molecule has 0 fully saturated rings. The molecule has 0 spiro atoms. The molecule has 4 nitrogen and oxygen atoms in total. The van der Waals surface area contributed by atoms with Crippen molar-refractivity contribution in [1.29, 1.82) is 0 Å². The summed E-state index contributed by atoms with van der Waals surface area (Å²) in [4.78, 5) is 11.8. The summed E-state index contributed by atoms with van der Waals surface area (Å²) < 4.78 is 11.1. The highest BCUT2D eigenvalue weighted by atomic mass is 16.5. The maximum absolute atomic E-state index is 11.8. The molecule has 1 aliphatic rings. The Kier molecular flexibility index (Phi) is 2.14. The minimum Gasteiger partial charge on any atom is -0.462 e. The van der Waals surface area contributed by atoms with Gasteiger partial charge in [0.05, 0.1) is 5.56 Å². The number of furan rings is 1. The van der Waals surface area contributed by atoms with Crippen LogP contribution in [-0.4, -0.2) is 5.91 Å². The molecule has 1 N–H and O–H groups in total. The van der Waals surface area contributed by atoms with Crippen molar-refractivity contribution in [3.05, 3.63) is 53.5 Å². The van der Waals surface area contributed by atoms with E-state index in [4.69, 9.17) is 9.15 Å². The third kappa shape index (κ3) is 1.67. The second kappa shape index (κ2) is 3.66. The number of hydrogen-bond donors (Lipinski definition) is 1. The molecule has 0 saturated heterocycles. The van der Waals surface area contributed by atoms with Gasteiger partial charge in [-0.2, -0.15) is 0 Å². The molecule has 3 rings (SSSR count). The second-order valence-corrected chi connectivity index (χ2v) is 3.92. The van der Waals surface area contributed by atoms with Crippen molar-refractivity contribution in [1.82, 2.24) is 5.32 Å². The highest BCUT2D eigenvalue weighted by molar-refractivity contribution is 5.97. The zero-order valence-corrected chi connectivity index (χ0v) is 9.27. The molecule has 2 heterocycles. The summed E-state index contributed by atoms with van der Waals surface area (Å²) in [5, 5.41) is 2.75. The van der Waals surface area contributed by atoms with E-state index in [1.165, 1.54) is 0 Å². The first kappa shape index (κ1) is 9.96. The van der Waals surface area contributed by atoms with Crippen LogP contribution in [0.3, 0.4) is 0 Å². The summed E-state index contributed by atoms with van der Waals surface area (Å²) in [5.41, 5.74) is 0.548. The first-order chi connectivity index (χ1) is 8.24. The van der Waals surface area contributed by atoms with Gasteiger partial charge >= 0.3 is 0 Å². The van der Waals surface area contributed by atoms with E-state index in [0.717, 1.165) is 5.76 Å². The van der Waals surface area contributed by atoms with Gasteiger partial charge in [-0.05, 0) is 31.2 Å². The van der Waals surface area contributed by atoms with Gasteiger partial charge in [0.25, 0.3) is 5.91 Å². The molecule has 4 heteroatoms. The van der Waals surface area contributed by atoms with E-state index in [0.29, 0.717) is 17.1 Å². The lowest BCUT2D eigenvalue weighted by Gasteiger charge is -2.25. The van der Waals surface area contributed by atoms with E-state index < -0.39 is 6.23 Å². The van der Waals surface area contributed by atoms with Crippen LogP contribution in [-0.2, 0) is 0 Å². The molecule has 0 aliphatic carbocycles. The second-order valence-electron chi connectivity index (χ2n) is 3.92. The molecule has 1 amide bonds. The highest BCUT2D eigenvalue weighted by Crippen LogP contribution is 2.29. The Bertz CT molecular complexity index is 574. The van der Waals surface area contributed by atoms with Crippen LogP contribution in [0.25, 0.3) is 0 Å². The van der Waals surface area contributed by atoms with E-state index in [1.54, 1.807) is 24.3 Å². The van der Waals surface area contributed by atoms with Gasteiger partial charge in [0.1, 0.15) is 11.5 Å². The molecule has 86 valence electrons. The quantitative estimate of drug-likeness (QED) is 0.816. The molecule has 1 aliphatic heterocycles. The Labute approximate surface area is 98.2 Å². The first-order valence-electron chi connectivity index (χ1n) is 5.37. The van der Waals surface area contributed by atoms with E-state index in [1.807, 2.05) is 19.1 Å². The molecule has 0 unspecified atom stereocenters. The maximum Gasteiger partial charge on any atom is 0.258 e. The Morgan fingerprint density at radius 2 is 2.00 bits per heavy atom. The Morgan fingerprint density at radius 1 is 1.18 bits per heavy atom. The SMILES string of the molecule is Cc1ccc([C@H]2NC(=O)c3ccccc3O2)o1. The van der Waals surface area contributed by atoms with Crippen molar-refractivity contribution in [2.75, 3.05) is 0 Å².